The van der Waals surface area contributed by atoms with Gasteiger partial charge in [-0.05, 0) is 43.9 Å². The van der Waals surface area contributed by atoms with E-state index in [-0.39, 0.29) is 47.8 Å². The number of carbonyl (C=O) groups is 3. The van der Waals surface area contributed by atoms with Gasteiger partial charge in [0.15, 0.2) is 0 Å². The van der Waals surface area contributed by atoms with Gasteiger partial charge in [0.1, 0.15) is 0 Å². The summed E-state index contributed by atoms with van der Waals surface area (Å²) in [5, 5.41) is 13.4. The van der Waals surface area contributed by atoms with Crippen molar-refractivity contribution in [3.63, 3.8) is 0 Å². The Labute approximate surface area is 158 Å². The SMILES string of the molecule is CCCC(=O)OC(C)OC(=O)NCC1CCC(C(=O)[O-])CC1.[Na+]. The van der Waals surface area contributed by atoms with E-state index in [1.807, 2.05) is 6.92 Å². The van der Waals surface area contributed by atoms with Gasteiger partial charge in [0.2, 0.25) is 6.29 Å². The molecule has 0 radical (unpaired) electrons. The zero-order valence-corrected chi connectivity index (χ0v) is 16.1. The van der Waals surface area contributed by atoms with Crippen LogP contribution in [0.1, 0.15) is 52.4 Å². The molecule has 0 aromatic heterocycles. The molecule has 1 rings (SSSR count). The molecule has 8 heteroatoms. The van der Waals surface area contributed by atoms with Crippen molar-refractivity contribution in [1.29, 1.82) is 0 Å². The van der Waals surface area contributed by atoms with Gasteiger partial charge in [0, 0.05) is 25.9 Å². The fraction of sp³-hybridized carbons (Fsp3) is 0.800. The van der Waals surface area contributed by atoms with Gasteiger partial charge >= 0.3 is 41.6 Å². The van der Waals surface area contributed by atoms with E-state index in [1.165, 1.54) is 6.92 Å². The van der Waals surface area contributed by atoms with Crippen LogP contribution in [-0.2, 0) is 19.1 Å². The summed E-state index contributed by atoms with van der Waals surface area (Å²) in [5.74, 6) is -1.53. The van der Waals surface area contributed by atoms with E-state index in [0.29, 0.717) is 25.8 Å². The van der Waals surface area contributed by atoms with Crippen LogP contribution in [0.3, 0.4) is 0 Å². The number of carboxylic acids is 1. The average Bonchev–Trinajstić information content (AvgIpc) is 2.45. The summed E-state index contributed by atoms with van der Waals surface area (Å²) >= 11 is 0. The number of hydrogen-bond donors (Lipinski definition) is 1. The molecular formula is C15H24NNaO6. The maximum atomic E-state index is 11.6. The van der Waals surface area contributed by atoms with Crippen molar-refractivity contribution in [3.05, 3.63) is 0 Å². The number of aliphatic carboxylic acids is 1. The van der Waals surface area contributed by atoms with Gasteiger partial charge in [-0.1, -0.05) is 6.92 Å². The van der Waals surface area contributed by atoms with Crippen LogP contribution in [-0.4, -0.2) is 30.9 Å². The Balaban J connectivity index is 0.00000484. The van der Waals surface area contributed by atoms with E-state index in [1.54, 1.807) is 0 Å². The van der Waals surface area contributed by atoms with Gasteiger partial charge in [-0.25, -0.2) is 4.79 Å². The minimum Gasteiger partial charge on any atom is -0.550 e. The van der Waals surface area contributed by atoms with Crippen LogP contribution in [0.4, 0.5) is 4.79 Å². The number of amides is 1. The summed E-state index contributed by atoms with van der Waals surface area (Å²) in [4.78, 5) is 33.6. The molecule has 1 aliphatic carbocycles. The summed E-state index contributed by atoms with van der Waals surface area (Å²) in [6.07, 6.45) is 2.03. The quantitative estimate of drug-likeness (QED) is 0.326. The van der Waals surface area contributed by atoms with Crippen molar-refractivity contribution < 1.29 is 58.5 Å². The zero-order valence-electron chi connectivity index (χ0n) is 14.1. The predicted molar refractivity (Wildman–Crippen MR) is 75.4 cm³/mol. The van der Waals surface area contributed by atoms with E-state index in [9.17, 15) is 19.5 Å². The summed E-state index contributed by atoms with van der Waals surface area (Å²) in [6, 6.07) is 0. The first kappa shape index (κ1) is 22.2. The topological polar surface area (TPSA) is 105 Å². The van der Waals surface area contributed by atoms with Crippen LogP contribution in [0.15, 0.2) is 0 Å². The van der Waals surface area contributed by atoms with Gasteiger partial charge in [-0.2, -0.15) is 0 Å². The largest absolute Gasteiger partial charge is 1.00 e. The molecule has 23 heavy (non-hydrogen) atoms. The molecule has 1 saturated carbocycles. The third kappa shape index (κ3) is 9.17. The Morgan fingerprint density at radius 3 is 2.30 bits per heavy atom. The van der Waals surface area contributed by atoms with Gasteiger partial charge < -0.3 is 24.7 Å². The molecule has 1 N–H and O–H groups in total. The number of esters is 1. The van der Waals surface area contributed by atoms with Crippen molar-refractivity contribution in [1.82, 2.24) is 5.32 Å². The average molecular weight is 337 g/mol. The van der Waals surface area contributed by atoms with Crippen LogP contribution >= 0.6 is 0 Å². The van der Waals surface area contributed by atoms with Gasteiger partial charge in [0.05, 0.1) is 0 Å². The standard InChI is InChI=1S/C15H25NO6.Na/c1-3-4-13(17)21-10(2)22-15(20)16-9-11-5-7-12(8-6-11)14(18)19;/h10-12H,3-9H2,1-2H3,(H,16,20)(H,18,19);/q;+1/p-1. The van der Waals surface area contributed by atoms with Crippen molar-refractivity contribution in [2.24, 2.45) is 11.8 Å². The molecule has 1 atom stereocenters. The molecule has 0 aliphatic heterocycles. The zero-order chi connectivity index (χ0) is 16.5. The summed E-state index contributed by atoms with van der Waals surface area (Å²) in [6.45, 7) is 3.76. The first-order valence-corrected chi connectivity index (χ1v) is 7.77. The van der Waals surface area contributed by atoms with Crippen molar-refractivity contribution in [2.45, 2.75) is 58.7 Å². The molecule has 1 fully saturated rings. The molecule has 7 nitrogen and oxygen atoms in total. The molecule has 1 unspecified atom stereocenters. The smallest absolute Gasteiger partial charge is 0.550 e. The second-order valence-electron chi connectivity index (χ2n) is 5.63. The van der Waals surface area contributed by atoms with Crippen LogP contribution in [0.5, 0.6) is 0 Å². The van der Waals surface area contributed by atoms with Crippen LogP contribution in [0.25, 0.3) is 0 Å². The van der Waals surface area contributed by atoms with E-state index >= 15 is 0 Å². The van der Waals surface area contributed by atoms with Gasteiger partial charge in [-0.3, -0.25) is 4.79 Å². The number of hydrogen-bond acceptors (Lipinski definition) is 6. The number of nitrogens with one attached hydrogen (secondary N) is 1. The predicted octanol–water partition coefficient (Wildman–Crippen LogP) is -2.04. The number of rotatable bonds is 7. The number of ether oxygens (including phenoxy) is 2. The van der Waals surface area contributed by atoms with Gasteiger partial charge in [0.25, 0.3) is 0 Å². The molecule has 0 saturated heterocycles. The Bertz CT molecular complexity index is 395. The first-order chi connectivity index (χ1) is 10.4. The summed E-state index contributed by atoms with van der Waals surface area (Å²) in [5.41, 5.74) is 0. The maximum Gasteiger partial charge on any atom is 1.00 e. The number of carbonyl (C=O) groups excluding carboxylic acids is 3. The third-order valence-electron chi connectivity index (χ3n) is 3.74. The number of alkyl carbamates (subject to hydrolysis) is 1. The van der Waals surface area contributed by atoms with E-state index in [0.717, 1.165) is 12.8 Å². The summed E-state index contributed by atoms with van der Waals surface area (Å²) < 4.78 is 9.82. The third-order valence-corrected chi connectivity index (χ3v) is 3.74. The Kier molecular flexibility index (Phi) is 11.3. The van der Waals surface area contributed by atoms with E-state index < -0.39 is 24.3 Å². The van der Waals surface area contributed by atoms with E-state index in [2.05, 4.69) is 5.32 Å². The second-order valence-corrected chi connectivity index (χ2v) is 5.63. The van der Waals surface area contributed by atoms with Crippen LogP contribution < -0.4 is 40.0 Å². The Hall–Kier alpha value is -0.790. The fourth-order valence-electron chi connectivity index (χ4n) is 2.49. The maximum absolute atomic E-state index is 11.6. The van der Waals surface area contributed by atoms with E-state index in [4.69, 9.17) is 9.47 Å². The molecule has 0 bridgehead atoms. The van der Waals surface area contributed by atoms with Crippen LogP contribution in [0, 0.1) is 11.8 Å². The Morgan fingerprint density at radius 1 is 1.17 bits per heavy atom. The minimum atomic E-state index is -0.992. The molecular weight excluding hydrogens is 313 g/mol. The molecule has 1 aliphatic rings. The normalized spacial score (nSPS) is 21.5. The molecule has 0 heterocycles. The van der Waals surface area contributed by atoms with Crippen molar-refractivity contribution >= 4 is 18.0 Å². The molecule has 0 spiro atoms. The molecule has 1 amide bonds. The van der Waals surface area contributed by atoms with Crippen LogP contribution in [0.2, 0.25) is 0 Å². The van der Waals surface area contributed by atoms with Crippen molar-refractivity contribution in [2.75, 3.05) is 6.54 Å². The Morgan fingerprint density at radius 2 is 1.78 bits per heavy atom. The summed E-state index contributed by atoms with van der Waals surface area (Å²) in [7, 11) is 0. The minimum absolute atomic E-state index is 0. The second kappa shape index (κ2) is 11.7. The first-order valence-electron chi connectivity index (χ1n) is 7.77. The van der Waals surface area contributed by atoms with Crippen molar-refractivity contribution in [3.8, 4) is 0 Å². The monoisotopic (exact) mass is 337 g/mol. The molecule has 0 aromatic rings. The fourth-order valence-corrected chi connectivity index (χ4v) is 2.49. The number of carboxylic acid groups (broad SMARTS) is 1. The van der Waals surface area contributed by atoms with Gasteiger partial charge in [-0.15, -0.1) is 0 Å². The molecule has 0 aromatic carbocycles. The molecule has 126 valence electrons.